The smallest absolute Gasteiger partial charge is 0.193 e. The number of nitrogens with zero attached hydrogens (tertiary/aromatic N) is 2. The molecule has 1 N–H and O–H groups in total. The molecule has 1 aliphatic heterocycles. The lowest BCUT2D eigenvalue weighted by molar-refractivity contribution is 0.114. The topological polar surface area (TPSA) is 36.9 Å². The Bertz CT molecular complexity index is 529. The monoisotopic (exact) mass is 331 g/mol. The summed E-state index contributed by atoms with van der Waals surface area (Å²) >= 11 is 0. The van der Waals surface area contributed by atoms with E-state index in [2.05, 4.69) is 62.2 Å². The van der Waals surface area contributed by atoms with Crippen LogP contribution in [0.4, 0.5) is 0 Å². The number of aliphatic imine (C=N–C) groups is 1. The second-order valence-corrected chi connectivity index (χ2v) is 6.77. The molecule has 1 fully saturated rings. The predicted molar refractivity (Wildman–Crippen MR) is 102 cm³/mol. The lowest BCUT2D eigenvalue weighted by atomic mass is 10.00. The van der Waals surface area contributed by atoms with Crippen molar-refractivity contribution < 1.29 is 4.74 Å². The molecule has 134 valence electrons. The minimum Gasteiger partial charge on any atom is -0.381 e. The number of ether oxygens (including phenoxy) is 1. The van der Waals surface area contributed by atoms with Crippen LogP contribution in [0.25, 0.3) is 0 Å². The van der Waals surface area contributed by atoms with Gasteiger partial charge in [-0.25, -0.2) is 0 Å². The predicted octanol–water partition coefficient (Wildman–Crippen LogP) is 3.42. The molecule has 0 saturated carbocycles. The van der Waals surface area contributed by atoms with E-state index in [9.17, 15) is 0 Å². The Balaban J connectivity index is 1.95. The van der Waals surface area contributed by atoms with E-state index >= 15 is 0 Å². The van der Waals surface area contributed by atoms with Gasteiger partial charge in [-0.05, 0) is 32.8 Å². The average molecular weight is 332 g/mol. The number of guanidine groups is 1. The minimum atomic E-state index is 0.431. The number of nitrogens with one attached hydrogen (secondary N) is 1. The summed E-state index contributed by atoms with van der Waals surface area (Å²) < 4.78 is 5.59. The van der Waals surface area contributed by atoms with Crippen LogP contribution in [0.5, 0.6) is 0 Å². The molecule has 1 aromatic rings. The summed E-state index contributed by atoms with van der Waals surface area (Å²) in [6.45, 7) is 14.1. The quantitative estimate of drug-likeness (QED) is 0.614. The zero-order chi connectivity index (χ0) is 17.4. The summed E-state index contributed by atoms with van der Waals surface area (Å²) in [6, 6.07) is 8.75. The Morgan fingerprint density at radius 1 is 1.42 bits per heavy atom. The van der Waals surface area contributed by atoms with Gasteiger partial charge in [-0.2, -0.15) is 0 Å². The maximum atomic E-state index is 5.59. The van der Waals surface area contributed by atoms with Gasteiger partial charge in [0.2, 0.25) is 0 Å². The molecule has 4 nitrogen and oxygen atoms in total. The van der Waals surface area contributed by atoms with E-state index in [1.54, 1.807) is 0 Å². The molecule has 0 radical (unpaired) electrons. The zero-order valence-electron chi connectivity index (χ0n) is 15.7. The van der Waals surface area contributed by atoms with Gasteiger partial charge < -0.3 is 15.0 Å². The van der Waals surface area contributed by atoms with E-state index in [4.69, 9.17) is 9.73 Å². The fourth-order valence-electron chi connectivity index (χ4n) is 3.18. The molecule has 24 heavy (non-hydrogen) atoms. The van der Waals surface area contributed by atoms with E-state index < -0.39 is 0 Å². The summed E-state index contributed by atoms with van der Waals surface area (Å²) in [5.41, 5.74) is 2.68. The van der Waals surface area contributed by atoms with Crippen LogP contribution >= 0.6 is 0 Å². The molecule has 0 amide bonds. The highest BCUT2D eigenvalue weighted by atomic mass is 16.5. The highest BCUT2D eigenvalue weighted by Crippen LogP contribution is 2.19. The molecular formula is C20H33N3O. The lowest BCUT2D eigenvalue weighted by Crippen LogP contribution is -2.40. The Labute approximate surface area is 147 Å². The zero-order valence-corrected chi connectivity index (χ0v) is 15.7. The van der Waals surface area contributed by atoms with Crippen LogP contribution in [0.1, 0.15) is 44.2 Å². The highest BCUT2D eigenvalue weighted by Gasteiger charge is 2.24. The van der Waals surface area contributed by atoms with Crippen molar-refractivity contribution in [3.63, 3.8) is 0 Å². The number of aryl methyl sites for hydroxylation is 1. The first-order chi connectivity index (χ1) is 11.6. The van der Waals surface area contributed by atoms with Crippen molar-refractivity contribution in [2.45, 2.75) is 40.0 Å². The molecular weight excluding hydrogens is 298 g/mol. The van der Waals surface area contributed by atoms with Crippen LogP contribution in [0, 0.1) is 12.8 Å². The molecule has 0 bridgehead atoms. The highest BCUT2D eigenvalue weighted by molar-refractivity contribution is 5.80. The number of benzene rings is 1. The Kier molecular flexibility index (Phi) is 7.57. The maximum Gasteiger partial charge on any atom is 0.193 e. The van der Waals surface area contributed by atoms with Gasteiger partial charge >= 0.3 is 0 Å². The van der Waals surface area contributed by atoms with Crippen molar-refractivity contribution in [1.29, 1.82) is 0 Å². The van der Waals surface area contributed by atoms with Crippen LogP contribution in [-0.2, 0) is 4.74 Å². The largest absolute Gasteiger partial charge is 0.381 e. The first-order valence-corrected chi connectivity index (χ1v) is 9.31. The van der Waals surface area contributed by atoms with Crippen molar-refractivity contribution in [3.8, 4) is 0 Å². The minimum absolute atomic E-state index is 0.431. The van der Waals surface area contributed by atoms with Gasteiger partial charge in [-0.1, -0.05) is 36.8 Å². The Hall–Kier alpha value is -1.55. The lowest BCUT2D eigenvalue weighted by Gasteiger charge is -2.22. The summed E-state index contributed by atoms with van der Waals surface area (Å²) in [4.78, 5) is 7.29. The molecule has 2 unspecified atom stereocenters. The molecule has 1 heterocycles. The molecule has 2 rings (SSSR count). The number of hydrogen-bond acceptors (Lipinski definition) is 2. The second kappa shape index (κ2) is 9.67. The van der Waals surface area contributed by atoms with Gasteiger partial charge in [0.15, 0.2) is 5.96 Å². The van der Waals surface area contributed by atoms with Gasteiger partial charge in [0.25, 0.3) is 0 Å². The first-order valence-electron chi connectivity index (χ1n) is 9.31. The van der Waals surface area contributed by atoms with Gasteiger partial charge in [0.05, 0.1) is 6.61 Å². The standard InChI is InChI=1S/C20H33N3O/c1-5-21-20(23-11-10-18(14-23)15-24-6-2)22-13-17(4)19-9-7-8-16(3)12-19/h7-9,12,17-18H,5-6,10-11,13-15H2,1-4H3,(H,21,22). The van der Waals surface area contributed by atoms with E-state index in [1.165, 1.54) is 17.5 Å². The molecule has 1 aliphatic rings. The third-order valence-electron chi connectivity index (χ3n) is 4.60. The molecule has 0 aromatic heterocycles. The summed E-state index contributed by atoms with van der Waals surface area (Å²) in [6.07, 6.45) is 1.19. The second-order valence-electron chi connectivity index (χ2n) is 6.77. The number of hydrogen-bond donors (Lipinski definition) is 1. The molecule has 1 aromatic carbocycles. The SMILES string of the molecule is CCNC(=NCC(C)c1cccc(C)c1)N1CCC(COCC)C1. The van der Waals surface area contributed by atoms with Crippen molar-refractivity contribution in [2.75, 3.05) is 39.4 Å². The van der Waals surface area contributed by atoms with Crippen LogP contribution < -0.4 is 5.32 Å². The summed E-state index contributed by atoms with van der Waals surface area (Å²) in [5.74, 6) is 2.11. The van der Waals surface area contributed by atoms with Gasteiger partial charge in [-0.3, -0.25) is 4.99 Å². The van der Waals surface area contributed by atoms with E-state index in [1.807, 2.05) is 0 Å². The maximum absolute atomic E-state index is 5.59. The fraction of sp³-hybridized carbons (Fsp3) is 0.650. The number of rotatable bonds is 7. The van der Waals surface area contributed by atoms with Crippen LogP contribution in [0.15, 0.2) is 29.3 Å². The molecule has 1 saturated heterocycles. The fourth-order valence-corrected chi connectivity index (χ4v) is 3.18. The van der Waals surface area contributed by atoms with Crippen LogP contribution in [-0.4, -0.2) is 50.3 Å². The van der Waals surface area contributed by atoms with E-state index in [-0.39, 0.29) is 0 Å². The normalized spacial score (nSPS) is 19.6. The molecule has 0 spiro atoms. The third kappa shape index (κ3) is 5.52. The molecule has 2 atom stereocenters. The van der Waals surface area contributed by atoms with Crippen LogP contribution in [0.3, 0.4) is 0 Å². The number of likely N-dealkylation sites (tertiary alicyclic amines) is 1. The van der Waals surface area contributed by atoms with Gasteiger partial charge in [0, 0.05) is 44.6 Å². The van der Waals surface area contributed by atoms with Crippen molar-refractivity contribution in [1.82, 2.24) is 10.2 Å². The van der Waals surface area contributed by atoms with E-state index in [0.717, 1.165) is 45.4 Å². The first kappa shape index (κ1) is 18.8. The van der Waals surface area contributed by atoms with E-state index in [0.29, 0.717) is 11.8 Å². The average Bonchev–Trinajstić information content (AvgIpc) is 3.05. The summed E-state index contributed by atoms with van der Waals surface area (Å²) in [7, 11) is 0. The van der Waals surface area contributed by atoms with Crippen LogP contribution in [0.2, 0.25) is 0 Å². The van der Waals surface area contributed by atoms with Gasteiger partial charge in [-0.15, -0.1) is 0 Å². The van der Waals surface area contributed by atoms with Crippen molar-refractivity contribution in [2.24, 2.45) is 10.9 Å². The van der Waals surface area contributed by atoms with Gasteiger partial charge in [0.1, 0.15) is 0 Å². The summed E-state index contributed by atoms with van der Waals surface area (Å²) in [5, 5.41) is 3.45. The van der Waals surface area contributed by atoms with Crippen molar-refractivity contribution in [3.05, 3.63) is 35.4 Å². The Morgan fingerprint density at radius 2 is 2.25 bits per heavy atom. The Morgan fingerprint density at radius 3 is 2.96 bits per heavy atom. The molecule has 0 aliphatic carbocycles. The third-order valence-corrected chi connectivity index (χ3v) is 4.60. The van der Waals surface area contributed by atoms with Crippen molar-refractivity contribution >= 4 is 5.96 Å². The molecule has 4 heteroatoms.